The molecule has 0 aliphatic carbocycles. The van der Waals surface area contributed by atoms with E-state index in [1.54, 1.807) is 41.5 Å². The highest BCUT2D eigenvalue weighted by atomic mass is 16.7. The molecule has 2 aliphatic heterocycles. The summed E-state index contributed by atoms with van der Waals surface area (Å²) in [6.45, 7) is 21.8. The lowest BCUT2D eigenvalue weighted by molar-refractivity contribution is -0.158. The molecule has 2 amide bonds. The number of rotatable bonds is 10. The monoisotopic (exact) mass is 617 g/mol. The molecule has 2 atom stereocenters. The van der Waals surface area contributed by atoms with Gasteiger partial charge in [0.15, 0.2) is 0 Å². The van der Waals surface area contributed by atoms with Gasteiger partial charge in [0.25, 0.3) is 0 Å². The van der Waals surface area contributed by atoms with Gasteiger partial charge in [-0.1, -0.05) is 24.3 Å². The summed E-state index contributed by atoms with van der Waals surface area (Å²) in [5, 5.41) is 5.58. The van der Waals surface area contributed by atoms with Crippen molar-refractivity contribution in [2.45, 2.75) is 117 Å². The summed E-state index contributed by atoms with van der Waals surface area (Å²) in [6, 6.07) is 5.64. The van der Waals surface area contributed by atoms with Gasteiger partial charge in [0.05, 0.1) is 24.4 Å². The minimum absolute atomic E-state index is 0.163. The second kappa shape index (κ2) is 14.2. The van der Waals surface area contributed by atoms with Gasteiger partial charge < -0.3 is 34.2 Å². The number of ether oxygens (including phenoxy) is 3. The molecule has 246 valence electrons. The third-order valence-corrected chi connectivity index (χ3v) is 7.77. The molecule has 0 unspecified atom stereocenters. The molecule has 2 aliphatic rings. The van der Waals surface area contributed by atoms with Crippen LogP contribution >= 0.6 is 0 Å². The van der Waals surface area contributed by atoms with Crippen LogP contribution in [0.1, 0.15) is 81.2 Å². The number of carbonyl (C=O) groups excluding carboxylic acids is 3. The average Bonchev–Trinajstić information content (AvgIpc) is 3.11. The van der Waals surface area contributed by atoms with E-state index >= 15 is 0 Å². The van der Waals surface area contributed by atoms with Gasteiger partial charge in [0.1, 0.15) is 23.3 Å². The zero-order chi connectivity index (χ0) is 32.9. The van der Waals surface area contributed by atoms with Crippen LogP contribution in [0.15, 0.2) is 24.3 Å². The second-order valence-corrected chi connectivity index (χ2v) is 14.6. The number of carbonyl (C=O) groups is 3. The van der Waals surface area contributed by atoms with Crippen molar-refractivity contribution in [1.29, 1.82) is 0 Å². The summed E-state index contributed by atoms with van der Waals surface area (Å²) in [7, 11) is -0.572. The number of morpholine rings is 1. The number of benzene rings is 1. The topological polar surface area (TPSA) is 125 Å². The molecule has 44 heavy (non-hydrogen) atoms. The van der Waals surface area contributed by atoms with Gasteiger partial charge in [0, 0.05) is 26.1 Å². The Morgan fingerprint density at radius 1 is 0.909 bits per heavy atom. The maximum absolute atomic E-state index is 13.7. The van der Waals surface area contributed by atoms with Gasteiger partial charge in [-0.25, -0.2) is 9.59 Å². The molecule has 0 bridgehead atoms. The number of alkyl carbamates (subject to hydrolysis) is 1. The molecule has 1 aromatic rings. The third kappa shape index (κ3) is 10.7. The highest BCUT2D eigenvalue weighted by Gasteiger charge is 2.51. The second-order valence-electron chi connectivity index (χ2n) is 14.6. The molecule has 11 nitrogen and oxygen atoms in total. The first-order chi connectivity index (χ1) is 20.2. The molecule has 2 fully saturated rings. The Hall–Kier alpha value is -2.67. The van der Waals surface area contributed by atoms with Crippen LogP contribution in [0.25, 0.3) is 0 Å². The van der Waals surface area contributed by atoms with E-state index in [1.165, 1.54) is 0 Å². The van der Waals surface area contributed by atoms with E-state index in [2.05, 4.69) is 15.5 Å². The van der Waals surface area contributed by atoms with Crippen LogP contribution in [-0.2, 0) is 39.5 Å². The van der Waals surface area contributed by atoms with Crippen molar-refractivity contribution in [3.63, 3.8) is 0 Å². The Labute approximate surface area is 263 Å². The molecule has 1 aromatic carbocycles. The summed E-state index contributed by atoms with van der Waals surface area (Å²) < 4.78 is 29.0. The predicted molar refractivity (Wildman–Crippen MR) is 169 cm³/mol. The molecule has 2 heterocycles. The molecule has 0 radical (unpaired) electrons. The summed E-state index contributed by atoms with van der Waals surface area (Å²) in [5.74, 6) is -1.07. The quantitative estimate of drug-likeness (QED) is 0.301. The highest BCUT2D eigenvalue weighted by molar-refractivity contribution is 6.62. The fraction of sp³-hybridized carbons (Fsp3) is 0.719. The van der Waals surface area contributed by atoms with Crippen LogP contribution in [0.4, 0.5) is 4.79 Å². The van der Waals surface area contributed by atoms with E-state index in [0.717, 1.165) is 24.1 Å². The molecule has 12 heteroatoms. The van der Waals surface area contributed by atoms with Crippen molar-refractivity contribution in [3.8, 4) is 0 Å². The van der Waals surface area contributed by atoms with Gasteiger partial charge in [-0.2, -0.15) is 0 Å². The van der Waals surface area contributed by atoms with E-state index in [1.807, 2.05) is 52.0 Å². The lowest BCUT2D eigenvalue weighted by Gasteiger charge is -2.32. The third-order valence-electron chi connectivity index (χ3n) is 7.77. The fourth-order valence-corrected chi connectivity index (χ4v) is 4.78. The number of nitrogens with zero attached hydrogens (tertiary/aromatic N) is 1. The lowest BCUT2D eigenvalue weighted by Crippen LogP contribution is -2.54. The maximum atomic E-state index is 13.7. The number of nitrogens with one attached hydrogen (secondary N) is 2. The molecule has 0 saturated carbocycles. The molecule has 3 rings (SSSR count). The molecular formula is C32H52BN3O8. The van der Waals surface area contributed by atoms with Gasteiger partial charge in [-0.05, 0) is 86.7 Å². The number of hydrogen-bond donors (Lipinski definition) is 2. The van der Waals surface area contributed by atoms with Crippen LogP contribution in [0, 0.1) is 0 Å². The number of esters is 1. The van der Waals surface area contributed by atoms with Gasteiger partial charge in [-0.15, -0.1) is 0 Å². The summed E-state index contributed by atoms with van der Waals surface area (Å²) in [6.07, 6.45) is -0.219. The molecule has 2 saturated heterocycles. The molecular weight excluding hydrogens is 565 g/mol. The first kappa shape index (κ1) is 35.8. The number of hydrogen-bond acceptors (Lipinski definition) is 9. The minimum Gasteiger partial charge on any atom is -0.458 e. The van der Waals surface area contributed by atoms with Crippen molar-refractivity contribution in [3.05, 3.63) is 29.8 Å². The lowest BCUT2D eigenvalue weighted by atomic mass is 9.78. The van der Waals surface area contributed by atoms with Crippen LogP contribution in [0.5, 0.6) is 0 Å². The fourth-order valence-electron chi connectivity index (χ4n) is 4.78. The summed E-state index contributed by atoms with van der Waals surface area (Å²) in [5.41, 5.74) is -0.911. The van der Waals surface area contributed by atoms with E-state index in [-0.39, 0.29) is 6.42 Å². The van der Waals surface area contributed by atoms with E-state index in [4.69, 9.17) is 23.5 Å². The van der Waals surface area contributed by atoms with E-state index in [0.29, 0.717) is 26.2 Å². The first-order valence-electron chi connectivity index (χ1n) is 15.5. The largest absolute Gasteiger partial charge is 0.494 e. The zero-order valence-corrected chi connectivity index (χ0v) is 28.2. The smallest absolute Gasteiger partial charge is 0.458 e. The Kier molecular flexibility index (Phi) is 11.5. The normalized spacial score (nSPS) is 20.0. The van der Waals surface area contributed by atoms with Crippen LogP contribution < -0.4 is 16.1 Å². The molecule has 0 aromatic heterocycles. The van der Waals surface area contributed by atoms with Crippen LogP contribution in [-0.4, -0.2) is 97.3 Å². The SMILES string of the molecule is CC(C)(C)OC(=O)N[C@@H](CCN1CCOCC1)C(=O)N[C@@H](Cc1cccc(B2OC(C)(C)C(C)(C)O2)c1)C(=O)OC(C)(C)C. The van der Waals surface area contributed by atoms with Crippen molar-refractivity contribution in [2.75, 3.05) is 32.8 Å². The van der Waals surface area contributed by atoms with Gasteiger partial charge >= 0.3 is 19.2 Å². The van der Waals surface area contributed by atoms with E-state index < -0.39 is 59.6 Å². The highest BCUT2D eigenvalue weighted by Crippen LogP contribution is 2.36. The van der Waals surface area contributed by atoms with Crippen LogP contribution in [0.2, 0.25) is 0 Å². The first-order valence-corrected chi connectivity index (χ1v) is 15.5. The van der Waals surface area contributed by atoms with Crippen molar-refractivity contribution in [1.82, 2.24) is 15.5 Å². The number of amides is 2. The van der Waals surface area contributed by atoms with Crippen LogP contribution in [0.3, 0.4) is 0 Å². The Bertz CT molecular complexity index is 1140. The van der Waals surface area contributed by atoms with Crippen molar-refractivity contribution < 1.29 is 37.9 Å². The Morgan fingerprint density at radius 3 is 2.07 bits per heavy atom. The van der Waals surface area contributed by atoms with Gasteiger partial charge in [0.2, 0.25) is 5.91 Å². The summed E-state index contributed by atoms with van der Waals surface area (Å²) >= 11 is 0. The zero-order valence-electron chi connectivity index (χ0n) is 28.2. The standard InChI is InChI=1S/C32H52BN3O8/c1-29(2,3)41-27(38)25(21-22-12-11-13-23(20-22)33-43-31(7,8)32(9,10)44-33)34-26(37)24(35-28(39)42-30(4,5)6)14-15-36-16-18-40-19-17-36/h11-13,20,24-25H,14-19,21H2,1-10H3,(H,34,37)(H,35,39)/t24-,25-/m0/s1. The van der Waals surface area contributed by atoms with Crippen molar-refractivity contribution in [2.24, 2.45) is 0 Å². The van der Waals surface area contributed by atoms with Gasteiger partial charge in [-0.3, -0.25) is 9.69 Å². The Balaban J connectivity index is 1.81. The average molecular weight is 618 g/mol. The maximum Gasteiger partial charge on any atom is 0.494 e. The van der Waals surface area contributed by atoms with Crippen molar-refractivity contribution >= 4 is 30.6 Å². The minimum atomic E-state index is -1.01. The Morgan fingerprint density at radius 2 is 1.50 bits per heavy atom. The predicted octanol–water partition coefficient (Wildman–Crippen LogP) is 2.97. The molecule has 0 spiro atoms. The van der Waals surface area contributed by atoms with E-state index in [9.17, 15) is 14.4 Å². The summed E-state index contributed by atoms with van der Waals surface area (Å²) in [4.78, 5) is 42.1. The molecule has 2 N–H and O–H groups in total.